The Balaban J connectivity index is 0.00000193. The summed E-state index contributed by atoms with van der Waals surface area (Å²) in [5.74, 6) is 0. The minimum Gasteiger partial charge on any atom is -1.00 e. The summed E-state index contributed by atoms with van der Waals surface area (Å²) in [5.41, 5.74) is 12.9. The first kappa shape index (κ1) is 28.6. The Kier molecular flexibility index (Phi) is 9.16. The number of hydrogen-bond acceptors (Lipinski definition) is 0. The third kappa shape index (κ3) is 5.63. The minimum atomic E-state index is -0.790. The molecule has 2 aliphatic rings. The summed E-state index contributed by atoms with van der Waals surface area (Å²) in [6.45, 7) is 18.7. The van der Waals surface area contributed by atoms with E-state index in [-0.39, 0.29) is 35.6 Å². The Morgan fingerprint density at radius 2 is 1.24 bits per heavy atom. The number of rotatable bonds is 4. The van der Waals surface area contributed by atoms with E-state index in [1.807, 2.05) is 0 Å². The van der Waals surface area contributed by atoms with Crippen molar-refractivity contribution in [3.05, 3.63) is 79.2 Å². The molecule has 0 N–H and O–H groups in total. The van der Waals surface area contributed by atoms with Crippen LogP contribution < -0.4 is 24.8 Å². The van der Waals surface area contributed by atoms with Gasteiger partial charge in [-0.3, -0.25) is 0 Å². The van der Waals surface area contributed by atoms with Gasteiger partial charge in [0.05, 0.1) is 0 Å². The van der Waals surface area contributed by atoms with Crippen molar-refractivity contribution < 1.29 is 48.0 Å². The molecule has 0 bridgehead atoms. The third-order valence-corrected chi connectivity index (χ3v) is 11.0. The van der Waals surface area contributed by atoms with Gasteiger partial charge < -0.3 is 24.8 Å². The second kappa shape index (κ2) is 10.6. The first-order chi connectivity index (χ1) is 14.5. The Labute approximate surface area is 226 Å². The van der Waals surface area contributed by atoms with E-state index >= 15 is 0 Å². The summed E-state index contributed by atoms with van der Waals surface area (Å²) in [5, 5.41) is 0. The molecule has 0 radical (unpaired) electrons. The van der Waals surface area contributed by atoms with Crippen molar-refractivity contribution >= 4 is 0 Å². The van der Waals surface area contributed by atoms with Crippen molar-refractivity contribution in [2.24, 2.45) is 0 Å². The second-order valence-corrected chi connectivity index (χ2v) is 15.1. The van der Waals surface area contributed by atoms with Crippen molar-refractivity contribution in [1.29, 1.82) is 0 Å². The van der Waals surface area contributed by atoms with Gasteiger partial charge in [0.2, 0.25) is 0 Å². The van der Waals surface area contributed by atoms with Crippen LogP contribution >= 0.6 is 0 Å². The van der Waals surface area contributed by atoms with E-state index < -0.39 is 23.2 Å². The van der Waals surface area contributed by atoms with Crippen molar-refractivity contribution in [1.82, 2.24) is 0 Å². The summed E-state index contributed by atoms with van der Waals surface area (Å²) in [7, 11) is 0. The van der Waals surface area contributed by atoms with Gasteiger partial charge in [-0.25, -0.2) is 0 Å². The van der Waals surface area contributed by atoms with Crippen molar-refractivity contribution in [2.45, 2.75) is 89.1 Å². The molecule has 0 saturated carbocycles. The topological polar surface area (TPSA) is 0 Å². The van der Waals surface area contributed by atoms with Crippen LogP contribution in [-0.4, -0.2) is 0 Å². The molecule has 2 aromatic rings. The van der Waals surface area contributed by atoms with Gasteiger partial charge in [-0.05, 0) is 0 Å². The zero-order valence-corrected chi connectivity index (χ0v) is 25.5. The van der Waals surface area contributed by atoms with E-state index in [0.29, 0.717) is 3.63 Å². The van der Waals surface area contributed by atoms with Crippen LogP contribution in [0, 0.1) is 0 Å². The summed E-state index contributed by atoms with van der Waals surface area (Å²) < 4.78 is 2.43. The van der Waals surface area contributed by atoms with Crippen LogP contribution in [0.1, 0.15) is 101 Å². The van der Waals surface area contributed by atoms with Crippen LogP contribution in [0.4, 0.5) is 0 Å². The first-order valence-corrected chi connectivity index (χ1v) is 14.6. The van der Waals surface area contributed by atoms with E-state index in [1.165, 1.54) is 41.5 Å². The number of allylic oxidation sites excluding steroid dienone is 4. The molecule has 0 saturated heterocycles. The normalized spacial score (nSPS) is 15.3. The molecule has 2 aromatic carbocycles. The van der Waals surface area contributed by atoms with Crippen LogP contribution in [0.3, 0.4) is 0 Å². The maximum Gasteiger partial charge on any atom is -1.00 e. The summed E-state index contributed by atoms with van der Waals surface area (Å²) in [4.78, 5) is 0. The standard InChI is InChI=1S/C21H25.C9H13.2ClH.Zr/c1-20(2,3)16-7-9-18-14(12-16)11-15-13-17(21(4,5)6)8-10-19(15)18;1-3-8-6-5-7-9(8)4-2;;;/h7-13H,1-6H3;6H,3-4,7H2,1-2H3;2*1H;/q;;;;+2/p-2. The number of fused-ring (bicyclic) bond motifs is 3. The molecule has 33 heavy (non-hydrogen) atoms. The molecule has 0 spiro atoms. The van der Waals surface area contributed by atoms with Crippen molar-refractivity contribution in [2.75, 3.05) is 0 Å². The molecule has 2 aliphatic carbocycles. The Morgan fingerprint density at radius 1 is 0.758 bits per heavy atom. The molecule has 0 heterocycles. The molecule has 0 unspecified atom stereocenters. The van der Waals surface area contributed by atoms with Crippen LogP contribution in [-0.2, 0) is 34.1 Å². The van der Waals surface area contributed by atoms with Crippen molar-refractivity contribution in [3.8, 4) is 11.1 Å². The smallest absolute Gasteiger partial charge is 1.00 e. The van der Waals surface area contributed by atoms with E-state index in [2.05, 4.69) is 97.9 Å². The molecule has 0 fully saturated rings. The van der Waals surface area contributed by atoms with Gasteiger partial charge in [-0.1, -0.05) is 0 Å². The molecule has 0 aromatic heterocycles. The fourth-order valence-electron chi connectivity index (χ4n) is 5.04. The largest absolute Gasteiger partial charge is 1.00 e. The van der Waals surface area contributed by atoms with Gasteiger partial charge >= 0.3 is 203 Å². The van der Waals surface area contributed by atoms with Crippen molar-refractivity contribution in [3.63, 3.8) is 0 Å². The average molecular weight is 561 g/mol. The molecular weight excluding hydrogens is 522 g/mol. The van der Waals surface area contributed by atoms with Gasteiger partial charge in [0, 0.05) is 0 Å². The summed E-state index contributed by atoms with van der Waals surface area (Å²) in [6, 6.07) is 14.7. The first-order valence-electron chi connectivity index (χ1n) is 12.0. The van der Waals surface area contributed by atoms with E-state index in [1.54, 1.807) is 25.6 Å². The molecule has 4 rings (SSSR count). The SMILES string of the molecule is CCC1=C(CC)C[C]([Zr+2][CH]2c3cc(C(C)(C)C)ccc3-c3ccc(C(C)(C)C)cc32)=C1.[Cl-].[Cl-]. The maximum atomic E-state index is 2.60. The average Bonchev–Trinajstić information content (AvgIpc) is 3.25. The minimum absolute atomic E-state index is 0. The monoisotopic (exact) mass is 558 g/mol. The third-order valence-electron chi connectivity index (χ3n) is 7.09. The number of halogens is 2. The van der Waals surface area contributed by atoms with Gasteiger partial charge in [0.1, 0.15) is 0 Å². The van der Waals surface area contributed by atoms with E-state index in [9.17, 15) is 0 Å². The molecule has 176 valence electrons. The summed E-state index contributed by atoms with van der Waals surface area (Å²) in [6.07, 6.45) is 6.25. The Morgan fingerprint density at radius 3 is 1.61 bits per heavy atom. The quantitative estimate of drug-likeness (QED) is 0.540. The van der Waals surface area contributed by atoms with Crippen LogP contribution in [0.15, 0.2) is 56.9 Å². The van der Waals surface area contributed by atoms with Gasteiger partial charge in [0.25, 0.3) is 0 Å². The fourth-order valence-corrected chi connectivity index (χ4v) is 9.30. The zero-order valence-electron chi connectivity index (χ0n) is 21.5. The molecule has 0 aliphatic heterocycles. The van der Waals surface area contributed by atoms with Gasteiger partial charge in [0.15, 0.2) is 0 Å². The van der Waals surface area contributed by atoms with Gasteiger partial charge in [-0.2, -0.15) is 0 Å². The molecule has 0 amide bonds. The van der Waals surface area contributed by atoms with Gasteiger partial charge in [-0.15, -0.1) is 0 Å². The predicted molar refractivity (Wildman–Crippen MR) is 131 cm³/mol. The zero-order chi connectivity index (χ0) is 22.6. The molecule has 0 nitrogen and oxygen atoms in total. The van der Waals surface area contributed by atoms with E-state index in [4.69, 9.17) is 0 Å². The molecule has 0 atom stereocenters. The second-order valence-electron chi connectivity index (χ2n) is 11.4. The number of hydrogen-bond donors (Lipinski definition) is 0. The Hall–Kier alpha value is -0.617. The predicted octanol–water partition coefficient (Wildman–Crippen LogP) is 2.85. The maximum absolute atomic E-state index is 2.60. The molecule has 3 heteroatoms. The van der Waals surface area contributed by atoms with E-state index in [0.717, 1.165) is 0 Å². The van der Waals surface area contributed by atoms with Crippen LogP contribution in [0.5, 0.6) is 0 Å². The molecular formula is C30H38Cl2Zr. The Bertz CT molecular complexity index is 1010. The van der Waals surface area contributed by atoms with Crippen LogP contribution in [0.2, 0.25) is 0 Å². The summed E-state index contributed by atoms with van der Waals surface area (Å²) >= 11 is -0.790. The number of benzene rings is 2. The van der Waals surface area contributed by atoms with Crippen LogP contribution in [0.25, 0.3) is 11.1 Å². The fraction of sp³-hybridized carbons (Fsp3) is 0.467.